The molecule has 2 saturated heterocycles. The fourth-order valence-corrected chi connectivity index (χ4v) is 5.66. The van der Waals surface area contributed by atoms with E-state index in [4.69, 9.17) is 14.2 Å². The molecule has 8 heteroatoms. The number of hydrogen-bond donors (Lipinski definition) is 0. The third kappa shape index (κ3) is 5.46. The summed E-state index contributed by atoms with van der Waals surface area (Å²) in [6.07, 6.45) is 1.94. The summed E-state index contributed by atoms with van der Waals surface area (Å²) in [4.78, 5) is 31.1. The first-order valence-corrected chi connectivity index (χ1v) is 13.5. The summed E-state index contributed by atoms with van der Waals surface area (Å²) >= 11 is 0. The van der Waals surface area contributed by atoms with E-state index < -0.39 is 12.1 Å². The molecule has 0 N–H and O–H groups in total. The van der Waals surface area contributed by atoms with Gasteiger partial charge in [-0.25, -0.2) is 0 Å². The fourth-order valence-electron chi connectivity index (χ4n) is 5.66. The number of rotatable bonds is 8. The predicted molar refractivity (Wildman–Crippen MR) is 149 cm³/mol. The lowest BCUT2D eigenvalue weighted by molar-refractivity contribution is -0.135. The summed E-state index contributed by atoms with van der Waals surface area (Å²) in [6, 6.07) is 24.1. The molecule has 3 aromatic rings. The molecule has 0 spiro atoms. The molecular weight excluding hydrogens is 506 g/mol. The van der Waals surface area contributed by atoms with E-state index in [1.165, 1.54) is 14.2 Å². The van der Waals surface area contributed by atoms with Crippen molar-refractivity contribution in [3.05, 3.63) is 89.5 Å². The van der Waals surface area contributed by atoms with E-state index in [1.807, 2.05) is 60.7 Å². The first-order valence-electron chi connectivity index (χ1n) is 13.5. The van der Waals surface area contributed by atoms with Gasteiger partial charge < -0.3 is 24.0 Å². The van der Waals surface area contributed by atoms with E-state index in [0.29, 0.717) is 55.4 Å². The third-order valence-electron chi connectivity index (χ3n) is 7.74. The van der Waals surface area contributed by atoms with E-state index >= 15 is 0 Å². The van der Waals surface area contributed by atoms with Crippen molar-refractivity contribution in [2.24, 2.45) is 0 Å². The number of methoxy groups -OCH3 is 2. The van der Waals surface area contributed by atoms with Crippen molar-refractivity contribution in [2.75, 3.05) is 27.3 Å². The molecular formula is C32H33N3O5. The molecule has 8 nitrogen and oxygen atoms in total. The minimum atomic E-state index is -0.669. The molecule has 3 atom stereocenters. The van der Waals surface area contributed by atoms with E-state index in [-0.39, 0.29) is 17.7 Å². The third-order valence-corrected chi connectivity index (χ3v) is 7.74. The van der Waals surface area contributed by atoms with Gasteiger partial charge in [0.1, 0.15) is 18.7 Å². The molecule has 1 unspecified atom stereocenters. The molecule has 2 fully saturated rings. The maximum atomic E-state index is 14.1. The van der Waals surface area contributed by atoms with E-state index in [0.717, 1.165) is 17.5 Å². The molecule has 2 aliphatic rings. The standard InChI is InChI=1S/C32H33N3O5/c1-38-28-17-24(18-29(39-2)30(28)40-21-22-10-5-3-6-11-22)31(36)35-20-25(23-12-7-4-8-13-23)16-27(35)32(37)34-15-9-14-26(34)19-33/h3-8,10-13,17-18,25-27H,9,14-16,20-21H2,1-2H3/t25-,26?,27+/m1/s1. The topological polar surface area (TPSA) is 92.1 Å². The zero-order chi connectivity index (χ0) is 28.1. The number of nitriles is 1. The maximum Gasteiger partial charge on any atom is 0.254 e. The summed E-state index contributed by atoms with van der Waals surface area (Å²) < 4.78 is 17.3. The lowest BCUT2D eigenvalue weighted by Crippen LogP contribution is -2.49. The molecule has 0 radical (unpaired) electrons. The minimum absolute atomic E-state index is 0.000455. The highest BCUT2D eigenvalue weighted by atomic mass is 16.5. The summed E-state index contributed by atoms with van der Waals surface area (Å²) in [5.74, 6) is 0.664. The van der Waals surface area contributed by atoms with Gasteiger partial charge in [0, 0.05) is 24.6 Å². The SMILES string of the molecule is COc1cc(C(=O)N2C[C@H](c3ccccc3)C[C@H]2C(=O)N2CCCC2C#N)cc(OC)c1OCc1ccccc1. The number of carbonyl (C=O) groups excluding carboxylic acids is 2. The molecule has 0 bridgehead atoms. The van der Waals surface area contributed by atoms with Crippen LogP contribution in [0.5, 0.6) is 17.2 Å². The Labute approximate surface area is 234 Å². The van der Waals surface area contributed by atoms with Crippen molar-refractivity contribution >= 4 is 11.8 Å². The number of benzene rings is 3. The van der Waals surface area contributed by atoms with Gasteiger partial charge in [-0.2, -0.15) is 5.26 Å². The van der Waals surface area contributed by atoms with Gasteiger partial charge in [0.15, 0.2) is 11.5 Å². The average Bonchev–Trinajstić information content (AvgIpc) is 3.68. The molecule has 3 aromatic carbocycles. The van der Waals surface area contributed by atoms with Crippen LogP contribution in [-0.4, -0.2) is 61.0 Å². The number of hydrogen-bond acceptors (Lipinski definition) is 6. The van der Waals surface area contributed by atoms with Gasteiger partial charge in [-0.15, -0.1) is 0 Å². The number of amides is 2. The number of carbonyl (C=O) groups is 2. The van der Waals surface area contributed by atoms with Crippen LogP contribution in [0.1, 0.15) is 46.7 Å². The van der Waals surface area contributed by atoms with Crippen LogP contribution in [0, 0.1) is 11.3 Å². The van der Waals surface area contributed by atoms with Crippen molar-refractivity contribution in [1.29, 1.82) is 5.26 Å². The number of nitrogens with zero attached hydrogens (tertiary/aromatic N) is 3. The molecule has 2 amide bonds. The molecule has 40 heavy (non-hydrogen) atoms. The zero-order valence-electron chi connectivity index (χ0n) is 22.8. The van der Waals surface area contributed by atoms with Crippen LogP contribution in [-0.2, 0) is 11.4 Å². The van der Waals surface area contributed by atoms with Gasteiger partial charge in [-0.05, 0) is 42.5 Å². The molecule has 0 saturated carbocycles. The number of likely N-dealkylation sites (tertiary alicyclic amines) is 2. The van der Waals surface area contributed by atoms with Gasteiger partial charge in [0.2, 0.25) is 11.7 Å². The molecule has 0 aliphatic carbocycles. The second-order valence-electron chi connectivity index (χ2n) is 10.1. The van der Waals surface area contributed by atoms with Crippen molar-refractivity contribution in [3.8, 4) is 23.3 Å². The van der Waals surface area contributed by atoms with Crippen molar-refractivity contribution in [2.45, 2.75) is 43.9 Å². The van der Waals surface area contributed by atoms with Crippen LogP contribution in [0.15, 0.2) is 72.8 Å². The Kier molecular flexibility index (Phi) is 8.20. The largest absolute Gasteiger partial charge is 0.493 e. The van der Waals surface area contributed by atoms with Crippen molar-refractivity contribution < 1.29 is 23.8 Å². The average molecular weight is 540 g/mol. The smallest absolute Gasteiger partial charge is 0.254 e. The van der Waals surface area contributed by atoms with Crippen LogP contribution >= 0.6 is 0 Å². The Morgan fingerprint density at radius 2 is 1.60 bits per heavy atom. The highest BCUT2D eigenvalue weighted by molar-refractivity contribution is 5.99. The van der Waals surface area contributed by atoms with Crippen molar-refractivity contribution in [3.63, 3.8) is 0 Å². The first kappa shape index (κ1) is 27.1. The quantitative estimate of drug-likeness (QED) is 0.409. The van der Waals surface area contributed by atoms with Gasteiger partial charge in [0.25, 0.3) is 5.91 Å². The second kappa shape index (κ2) is 12.1. The Morgan fingerprint density at radius 1 is 0.950 bits per heavy atom. The molecule has 2 aliphatic heterocycles. The van der Waals surface area contributed by atoms with Crippen LogP contribution in [0.2, 0.25) is 0 Å². The van der Waals surface area contributed by atoms with Crippen LogP contribution in [0.3, 0.4) is 0 Å². The Balaban J connectivity index is 1.45. The predicted octanol–water partition coefficient (Wildman–Crippen LogP) is 4.80. The van der Waals surface area contributed by atoms with Crippen molar-refractivity contribution in [1.82, 2.24) is 9.80 Å². The summed E-state index contributed by atoms with van der Waals surface area (Å²) in [5, 5.41) is 9.60. The fraction of sp³-hybridized carbons (Fsp3) is 0.344. The Bertz CT molecular complexity index is 1360. The first-order chi connectivity index (χ1) is 19.5. The van der Waals surface area contributed by atoms with E-state index in [2.05, 4.69) is 6.07 Å². The van der Waals surface area contributed by atoms with Gasteiger partial charge in [0.05, 0.1) is 20.3 Å². The second-order valence-corrected chi connectivity index (χ2v) is 10.1. The van der Waals surface area contributed by atoms with Crippen LogP contribution in [0.25, 0.3) is 0 Å². The molecule has 2 heterocycles. The monoisotopic (exact) mass is 539 g/mol. The Hall–Kier alpha value is -4.51. The van der Waals surface area contributed by atoms with E-state index in [9.17, 15) is 14.9 Å². The lowest BCUT2D eigenvalue weighted by Gasteiger charge is -2.29. The van der Waals surface area contributed by atoms with Crippen LogP contribution in [0.4, 0.5) is 0 Å². The highest BCUT2D eigenvalue weighted by Gasteiger charge is 2.44. The van der Waals surface area contributed by atoms with Gasteiger partial charge in [-0.3, -0.25) is 9.59 Å². The molecule has 206 valence electrons. The number of ether oxygens (including phenoxy) is 3. The summed E-state index contributed by atoms with van der Waals surface area (Å²) in [6.45, 7) is 1.22. The highest BCUT2D eigenvalue weighted by Crippen LogP contribution is 2.41. The van der Waals surface area contributed by atoms with Gasteiger partial charge in [-0.1, -0.05) is 60.7 Å². The molecule has 0 aromatic heterocycles. The summed E-state index contributed by atoms with van der Waals surface area (Å²) in [7, 11) is 3.03. The minimum Gasteiger partial charge on any atom is -0.493 e. The normalized spacial score (nSPS) is 20.2. The van der Waals surface area contributed by atoms with Gasteiger partial charge >= 0.3 is 0 Å². The van der Waals surface area contributed by atoms with Crippen LogP contribution < -0.4 is 14.2 Å². The van der Waals surface area contributed by atoms with E-state index in [1.54, 1.807) is 21.9 Å². The Morgan fingerprint density at radius 3 is 2.23 bits per heavy atom. The lowest BCUT2D eigenvalue weighted by atomic mass is 9.96. The summed E-state index contributed by atoms with van der Waals surface area (Å²) in [5.41, 5.74) is 2.40. The maximum absolute atomic E-state index is 14.1. The zero-order valence-corrected chi connectivity index (χ0v) is 22.8. The molecule has 5 rings (SSSR count).